The van der Waals surface area contributed by atoms with Gasteiger partial charge in [0, 0.05) is 6.42 Å². The molecule has 0 aromatic heterocycles. The Morgan fingerprint density at radius 1 is 1.40 bits per heavy atom. The third kappa shape index (κ3) is 3.68. The van der Waals surface area contributed by atoms with Crippen LogP contribution in [0, 0.1) is 0 Å². The first kappa shape index (κ1) is 11.7. The number of hydrogen-bond acceptors (Lipinski definition) is 2. The van der Waals surface area contributed by atoms with E-state index in [4.69, 9.17) is 4.74 Å². The van der Waals surface area contributed by atoms with Gasteiger partial charge in [-0.3, -0.25) is 0 Å². The number of aldehydes is 1. The molecule has 1 aromatic carbocycles. The normalized spacial score (nSPS) is 14.2. The van der Waals surface area contributed by atoms with Crippen LogP contribution in [0.3, 0.4) is 0 Å². The molecule has 0 amide bonds. The lowest BCUT2D eigenvalue weighted by atomic mass is 10.0. The van der Waals surface area contributed by atoms with E-state index in [1.807, 2.05) is 30.3 Å². The summed E-state index contributed by atoms with van der Waals surface area (Å²) in [5.74, 6) is 0. The van der Waals surface area contributed by atoms with E-state index < -0.39 is 5.60 Å². The molecule has 0 bridgehead atoms. The average Bonchev–Trinajstić information content (AvgIpc) is 2.28. The number of carbonyl (C=O) groups is 1. The van der Waals surface area contributed by atoms with Gasteiger partial charge < -0.3 is 9.53 Å². The average molecular weight is 204 g/mol. The lowest BCUT2D eigenvalue weighted by Gasteiger charge is -2.22. The minimum absolute atomic E-state index is 0.448. The molecule has 0 spiro atoms. The van der Waals surface area contributed by atoms with Gasteiger partial charge in [-0.25, -0.2) is 0 Å². The van der Waals surface area contributed by atoms with Crippen molar-refractivity contribution in [1.82, 2.24) is 0 Å². The van der Waals surface area contributed by atoms with Crippen LogP contribution in [-0.2, 0) is 16.1 Å². The number of rotatable bonds is 6. The third-order valence-corrected chi connectivity index (χ3v) is 2.21. The summed E-state index contributed by atoms with van der Waals surface area (Å²) in [7, 11) is 0. The van der Waals surface area contributed by atoms with Gasteiger partial charge >= 0.3 is 0 Å². The predicted molar refractivity (Wildman–Crippen MR) is 60.5 cm³/mol. The maximum Gasteiger partial charge on any atom is 0.151 e. The van der Waals surface area contributed by atoms with E-state index in [1.54, 1.807) is 13.0 Å². The van der Waals surface area contributed by atoms with Gasteiger partial charge in [0.05, 0.1) is 6.61 Å². The fourth-order valence-electron chi connectivity index (χ4n) is 1.25. The van der Waals surface area contributed by atoms with Crippen LogP contribution in [-0.4, -0.2) is 11.9 Å². The number of benzene rings is 1. The van der Waals surface area contributed by atoms with Crippen LogP contribution >= 0.6 is 0 Å². The summed E-state index contributed by atoms with van der Waals surface area (Å²) in [6.07, 6.45) is 3.06. The van der Waals surface area contributed by atoms with Gasteiger partial charge in [-0.2, -0.15) is 0 Å². The van der Waals surface area contributed by atoms with Crippen LogP contribution in [0.2, 0.25) is 0 Å². The molecule has 0 aliphatic carbocycles. The molecule has 0 saturated heterocycles. The van der Waals surface area contributed by atoms with E-state index in [-0.39, 0.29) is 0 Å². The van der Waals surface area contributed by atoms with Crippen molar-refractivity contribution in [2.75, 3.05) is 0 Å². The first-order valence-electron chi connectivity index (χ1n) is 4.95. The van der Waals surface area contributed by atoms with Crippen LogP contribution in [0.4, 0.5) is 0 Å². The molecule has 1 atom stereocenters. The smallest absolute Gasteiger partial charge is 0.151 e. The topological polar surface area (TPSA) is 26.3 Å². The fraction of sp³-hybridized carbons (Fsp3) is 0.308. The zero-order valence-corrected chi connectivity index (χ0v) is 8.98. The summed E-state index contributed by atoms with van der Waals surface area (Å²) in [4.78, 5) is 10.9. The van der Waals surface area contributed by atoms with Crippen molar-refractivity contribution in [2.45, 2.75) is 25.6 Å². The van der Waals surface area contributed by atoms with Crippen molar-refractivity contribution >= 4 is 6.29 Å². The quantitative estimate of drug-likeness (QED) is 0.526. The molecule has 2 heteroatoms. The van der Waals surface area contributed by atoms with Crippen molar-refractivity contribution < 1.29 is 9.53 Å². The van der Waals surface area contributed by atoms with E-state index in [9.17, 15) is 4.79 Å². The van der Waals surface area contributed by atoms with Crippen molar-refractivity contribution in [3.63, 3.8) is 0 Å². The molecule has 0 fully saturated rings. The Hall–Kier alpha value is -1.41. The molecule has 15 heavy (non-hydrogen) atoms. The molecule has 2 nitrogen and oxygen atoms in total. The third-order valence-electron chi connectivity index (χ3n) is 2.21. The Kier molecular flexibility index (Phi) is 4.25. The highest BCUT2D eigenvalue weighted by Crippen LogP contribution is 2.15. The molecule has 0 aliphatic heterocycles. The maximum absolute atomic E-state index is 10.9. The highest BCUT2D eigenvalue weighted by atomic mass is 16.5. The largest absolute Gasteiger partial charge is 0.363 e. The minimum Gasteiger partial charge on any atom is -0.363 e. The van der Waals surface area contributed by atoms with Gasteiger partial charge in [-0.05, 0) is 12.5 Å². The molecule has 1 aromatic rings. The molecule has 1 unspecified atom stereocenters. The van der Waals surface area contributed by atoms with Crippen molar-refractivity contribution in [3.05, 3.63) is 48.6 Å². The SMILES string of the molecule is C=CCC(C)(C=O)OCc1ccccc1. The Morgan fingerprint density at radius 2 is 2.07 bits per heavy atom. The number of ether oxygens (including phenoxy) is 1. The van der Waals surface area contributed by atoms with Crippen LogP contribution in [0.15, 0.2) is 43.0 Å². The van der Waals surface area contributed by atoms with Crippen LogP contribution in [0.1, 0.15) is 18.9 Å². The van der Waals surface area contributed by atoms with Crippen molar-refractivity contribution in [1.29, 1.82) is 0 Å². The molecular formula is C13H16O2. The second kappa shape index (κ2) is 5.47. The van der Waals surface area contributed by atoms with Crippen LogP contribution in [0.25, 0.3) is 0 Å². The Bertz CT molecular complexity index is 319. The molecular weight excluding hydrogens is 188 g/mol. The summed E-state index contributed by atoms with van der Waals surface area (Å²) in [5.41, 5.74) is 0.312. The summed E-state index contributed by atoms with van der Waals surface area (Å²) < 4.78 is 5.57. The Morgan fingerprint density at radius 3 is 2.60 bits per heavy atom. The molecule has 1 rings (SSSR count). The first-order valence-corrected chi connectivity index (χ1v) is 4.95. The first-order chi connectivity index (χ1) is 7.20. The molecule has 80 valence electrons. The lowest BCUT2D eigenvalue weighted by molar-refractivity contribution is -0.130. The molecule has 0 N–H and O–H groups in total. The van der Waals surface area contributed by atoms with Gasteiger partial charge in [-0.15, -0.1) is 6.58 Å². The summed E-state index contributed by atoms with van der Waals surface area (Å²) in [6.45, 7) is 5.83. The molecule has 0 heterocycles. The maximum atomic E-state index is 10.9. The van der Waals surface area contributed by atoms with E-state index >= 15 is 0 Å². The van der Waals surface area contributed by atoms with E-state index in [2.05, 4.69) is 6.58 Å². The van der Waals surface area contributed by atoms with Gasteiger partial charge in [-0.1, -0.05) is 36.4 Å². The monoisotopic (exact) mass is 204 g/mol. The molecule has 0 saturated carbocycles. The van der Waals surface area contributed by atoms with Gasteiger partial charge in [0.15, 0.2) is 6.29 Å². The minimum atomic E-state index is -0.752. The van der Waals surface area contributed by atoms with Crippen molar-refractivity contribution in [2.24, 2.45) is 0 Å². The lowest BCUT2D eigenvalue weighted by Crippen LogP contribution is -2.29. The summed E-state index contributed by atoms with van der Waals surface area (Å²) >= 11 is 0. The van der Waals surface area contributed by atoms with E-state index in [0.717, 1.165) is 11.8 Å². The van der Waals surface area contributed by atoms with Crippen LogP contribution < -0.4 is 0 Å². The van der Waals surface area contributed by atoms with Crippen molar-refractivity contribution in [3.8, 4) is 0 Å². The number of hydrogen-bond donors (Lipinski definition) is 0. The molecule has 0 radical (unpaired) electrons. The summed E-state index contributed by atoms with van der Waals surface area (Å²) in [6, 6.07) is 9.79. The Labute approximate surface area is 90.6 Å². The predicted octanol–water partition coefficient (Wildman–Crippen LogP) is 2.74. The van der Waals surface area contributed by atoms with Gasteiger partial charge in [0.25, 0.3) is 0 Å². The van der Waals surface area contributed by atoms with Crippen LogP contribution in [0.5, 0.6) is 0 Å². The highest BCUT2D eigenvalue weighted by molar-refractivity contribution is 5.62. The van der Waals surface area contributed by atoms with Gasteiger partial charge in [0.2, 0.25) is 0 Å². The highest BCUT2D eigenvalue weighted by Gasteiger charge is 2.22. The second-order valence-corrected chi connectivity index (χ2v) is 3.70. The second-order valence-electron chi connectivity index (χ2n) is 3.70. The standard InChI is InChI=1S/C13H16O2/c1-3-9-13(2,11-14)15-10-12-7-5-4-6-8-12/h3-8,11H,1,9-10H2,2H3. The van der Waals surface area contributed by atoms with E-state index in [0.29, 0.717) is 13.0 Å². The fourth-order valence-corrected chi connectivity index (χ4v) is 1.25. The summed E-state index contributed by atoms with van der Waals surface area (Å²) in [5, 5.41) is 0. The Balaban J connectivity index is 2.55. The molecule has 0 aliphatic rings. The zero-order chi connectivity index (χ0) is 11.1. The zero-order valence-electron chi connectivity index (χ0n) is 8.98. The number of carbonyl (C=O) groups excluding carboxylic acids is 1. The van der Waals surface area contributed by atoms with E-state index in [1.165, 1.54) is 0 Å². The van der Waals surface area contributed by atoms with Gasteiger partial charge in [0.1, 0.15) is 5.60 Å².